The highest BCUT2D eigenvalue weighted by molar-refractivity contribution is 8.76. The summed E-state index contributed by atoms with van der Waals surface area (Å²) in [7, 11) is 3.08. The maximum absolute atomic E-state index is 12.2. The summed E-state index contributed by atoms with van der Waals surface area (Å²) in [6.45, 7) is 6.54. The Bertz CT molecular complexity index is 624. The first-order valence-corrected chi connectivity index (χ1v) is 13.3. The van der Waals surface area contributed by atoms with Crippen LogP contribution in [0.4, 0.5) is 4.79 Å². The molecule has 1 spiro atoms. The van der Waals surface area contributed by atoms with Crippen molar-refractivity contribution in [2.24, 2.45) is 23.7 Å². The number of fused-ring (bicyclic) bond motifs is 2. The molecule has 5 aliphatic rings. The highest BCUT2D eigenvalue weighted by Crippen LogP contribution is 2.60. The van der Waals surface area contributed by atoms with E-state index in [1.807, 2.05) is 13.8 Å². The van der Waals surface area contributed by atoms with Crippen molar-refractivity contribution < 1.29 is 38.6 Å². The first-order valence-electron chi connectivity index (χ1n) is 10.8. The quantitative estimate of drug-likeness (QED) is 0.260. The summed E-state index contributed by atoms with van der Waals surface area (Å²) in [5.41, 5.74) is -0.669. The van der Waals surface area contributed by atoms with Gasteiger partial charge in [-0.25, -0.2) is 14.6 Å². The van der Waals surface area contributed by atoms with Crippen molar-refractivity contribution in [3.63, 3.8) is 0 Å². The van der Waals surface area contributed by atoms with Gasteiger partial charge in [0.05, 0.1) is 6.61 Å². The van der Waals surface area contributed by atoms with Crippen molar-refractivity contribution >= 4 is 27.7 Å². The summed E-state index contributed by atoms with van der Waals surface area (Å²) in [6.07, 6.45) is 1.60. The van der Waals surface area contributed by atoms with E-state index in [2.05, 4.69) is 6.92 Å². The number of carbonyl (C=O) groups is 1. The summed E-state index contributed by atoms with van der Waals surface area (Å²) in [6, 6.07) is 0. The van der Waals surface area contributed by atoms with Crippen LogP contribution in [-0.4, -0.2) is 59.9 Å². The number of hydrogen-bond donors (Lipinski definition) is 1. The molecule has 0 radical (unpaired) electrons. The number of ether oxygens (including phenoxy) is 4. The van der Waals surface area contributed by atoms with Gasteiger partial charge in [0.25, 0.3) is 0 Å². The molecule has 1 aliphatic carbocycles. The van der Waals surface area contributed by atoms with Crippen LogP contribution < -0.4 is 0 Å². The molecule has 4 heterocycles. The van der Waals surface area contributed by atoms with E-state index in [1.54, 1.807) is 10.8 Å². The topological polar surface area (TPSA) is 92.7 Å². The minimum absolute atomic E-state index is 0.0760. The Morgan fingerprint density at radius 3 is 2.73 bits per heavy atom. The molecular weight excluding hydrogens is 432 g/mol. The second-order valence-corrected chi connectivity index (χ2v) is 11.6. The van der Waals surface area contributed by atoms with Gasteiger partial charge >= 0.3 is 6.16 Å². The van der Waals surface area contributed by atoms with Crippen LogP contribution in [0.1, 0.15) is 46.5 Å². The van der Waals surface area contributed by atoms with Crippen LogP contribution in [0.25, 0.3) is 0 Å². The molecule has 1 saturated carbocycles. The minimum atomic E-state index is -0.855. The summed E-state index contributed by atoms with van der Waals surface area (Å²) in [5, 5.41) is 8.77. The van der Waals surface area contributed by atoms with Gasteiger partial charge in [-0.1, -0.05) is 35.4 Å². The molecule has 30 heavy (non-hydrogen) atoms. The number of aliphatic hydroxyl groups is 1. The average Bonchev–Trinajstić information content (AvgIpc) is 2.94. The molecule has 1 N–H and O–H groups in total. The lowest BCUT2D eigenvalue weighted by Crippen LogP contribution is -2.70. The van der Waals surface area contributed by atoms with E-state index in [0.717, 1.165) is 25.7 Å². The normalized spacial score (nSPS) is 44.8. The molecule has 2 unspecified atom stereocenters. The third-order valence-corrected chi connectivity index (χ3v) is 9.30. The number of aliphatic hydroxyl groups excluding tert-OH is 1. The number of hydrogen-bond acceptors (Lipinski definition) is 10. The summed E-state index contributed by atoms with van der Waals surface area (Å²) >= 11 is 0. The molecule has 8 atom stereocenters. The van der Waals surface area contributed by atoms with Crippen LogP contribution in [0.3, 0.4) is 0 Å². The lowest BCUT2D eigenvalue weighted by Gasteiger charge is -2.59. The fourth-order valence-electron chi connectivity index (χ4n) is 5.45. The molecule has 5 fully saturated rings. The van der Waals surface area contributed by atoms with Crippen molar-refractivity contribution in [2.45, 2.75) is 70.4 Å². The lowest BCUT2D eigenvalue weighted by atomic mass is 9.58. The van der Waals surface area contributed by atoms with Gasteiger partial charge in [0, 0.05) is 29.8 Å². The second kappa shape index (κ2) is 9.33. The van der Waals surface area contributed by atoms with Crippen molar-refractivity contribution in [2.75, 3.05) is 24.7 Å². The highest BCUT2D eigenvalue weighted by atomic mass is 33.1. The van der Waals surface area contributed by atoms with Gasteiger partial charge in [-0.05, 0) is 38.0 Å². The van der Waals surface area contributed by atoms with Crippen LogP contribution in [0.15, 0.2) is 0 Å². The standard InChI is InChI=1S/C20H32O8S2/c1-12-4-5-15-13(2)16(25-18(22)23-9-11-30-29-10-8-21)24-17-20(15)14(12)6-7-19(3,26-17)27-28-20/h12-17,21H,4-11H2,1-3H3/t12-,13-,14+,15?,16-,17-,19?,20-/m1/s1. The fourth-order valence-corrected chi connectivity index (χ4v) is 7.05. The third kappa shape index (κ3) is 4.21. The molecule has 0 amide bonds. The van der Waals surface area contributed by atoms with Crippen LogP contribution in [0, 0.1) is 23.7 Å². The Kier molecular flexibility index (Phi) is 7.13. The summed E-state index contributed by atoms with van der Waals surface area (Å²) < 4.78 is 23.2. The zero-order valence-electron chi connectivity index (χ0n) is 17.7. The van der Waals surface area contributed by atoms with Gasteiger partial charge in [-0.3, -0.25) is 0 Å². The molecule has 2 bridgehead atoms. The SMILES string of the molecule is C[C@@H]1CCC2[C@@H](C)[C@@H](OC(=O)OCCSSCCO)O[C@@H]3OC4(C)CC[C@@H]1[C@@]23OO4. The Hall–Kier alpha value is -0.230. The van der Waals surface area contributed by atoms with Crippen molar-refractivity contribution in [1.29, 1.82) is 0 Å². The smallest absolute Gasteiger partial charge is 0.433 e. The highest BCUT2D eigenvalue weighted by Gasteiger charge is 2.69. The Balaban J connectivity index is 1.41. The van der Waals surface area contributed by atoms with E-state index >= 15 is 0 Å². The Morgan fingerprint density at radius 1 is 1.13 bits per heavy atom. The van der Waals surface area contributed by atoms with E-state index in [1.165, 1.54) is 10.8 Å². The van der Waals surface area contributed by atoms with Gasteiger partial charge in [0.15, 0.2) is 11.9 Å². The van der Waals surface area contributed by atoms with E-state index in [-0.39, 0.29) is 31.0 Å². The van der Waals surface area contributed by atoms with Gasteiger partial charge in [0.1, 0.15) is 6.61 Å². The maximum atomic E-state index is 12.2. The fraction of sp³-hybridized carbons (Fsp3) is 0.950. The predicted octanol–water partition coefficient (Wildman–Crippen LogP) is 3.72. The summed E-state index contributed by atoms with van der Waals surface area (Å²) in [5.74, 6) is 1.20. The third-order valence-electron chi connectivity index (χ3n) is 6.95. The first-order chi connectivity index (χ1) is 14.4. The molecule has 5 rings (SSSR count). The van der Waals surface area contributed by atoms with Gasteiger partial charge < -0.3 is 24.1 Å². The Morgan fingerprint density at radius 2 is 1.93 bits per heavy atom. The van der Waals surface area contributed by atoms with Gasteiger partial charge in [-0.2, -0.15) is 0 Å². The molecule has 0 aromatic rings. The monoisotopic (exact) mass is 464 g/mol. The van der Waals surface area contributed by atoms with Crippen molar-refractivity contribution in [3.05, 3.63) is 0 Å². The maximum Gasteiger partial charge on any atom is 0.510 e. The predicted molar refractivity (Wildman–Crippen MR) is 111 cm³/mol. The molecule has 0 aromatic carbocycles. The molecule has 8 nitrogen and oxygen atoms in total. The zero-order valence-corrected chi connectivity index (χ0v) is 19.4. The first kappa shape index (κ1) is 22.9. The van der Waals surface area contributed by atoms with Crippen molar-refractivity contribution in [1.82, 2.24) is 0 Å². The van der Waals surface area contributed by atoms with E-state index in [4.69, 9.17) is 33.8 Å². The van der Waals surface area contributed by atoms with Crippen LogP contribution in [0.5, 0.6) is 0 Å². The largest absolute Gasteiger partial charge is 0.510 e. The van der Waals surface area contributed by atoms with E-state index < -0.39 is 30.1 Å². The average molecular weight is 465 g/mol. The molecule has 4 saturated heterocycles. The lowest BCUT2D eigenvalue weighted by molar-refractivity contribution is -0.576. The number of carbonyl (C=O) groups excluding carboxylic acids is 1. The Labute approximate surface area is 185 Å². The molecular formula is C20H32O8S2. The van der Waals surface area contributed by atoms with Crippen molar-refractivity contribution in [3.8, 4) is 0 Å². The molecule has 0 aromatic heterocycles. The molecule has 4 aliphatic heterocycles. The second-order valence-electron chi connectivity index (χ2n) is 8.86. The zero-order chi connectivity index (χ0) is 21.4. The van der Waals surface area contributed by atoms with Gasteiger partial charge in [-0.15, -0.1) is 0 Å². The number of rotatable bonds is 7. The minimum Gasteiger partial charge on any atom is -0.433 e. The summed E-state index contributed by atoms with van der Waals surface area (Å²) in [4.78, 5) is 24.1. The van der Waals surface area contributed by atoms with E-state index in [0.29, 0.717) is 17.4 Å². The van der Waals surface area contributed by atoms with E-state index in [9.17, 15) is 4.79 Å². The van der Waals surface area contributed by atoms with Crippen LogP contribution >= 0.6 is 21.6 Å². The van der Waals surface area contributed by atoms with Crippen LogP contribution in [-0.2, 0) is 28.7 Å². The molecule has 10 heteroatoms. The van der Waals surface area contributed by atoms with Gasteiger partial charge in [0.2, 0.25) is 12.1 Å². The van der Waals surface area contributed by atoms with Crippen LogP contribution in [0.2, 0.25) is 0 Å². The molecule has 172 valence electrons.